The summed E-state index contributed by atoms with van der Waals surface area (Å²) in [6.07, 6.45) is 2.30. The molecule has 0 saturated carbocycles. The molecule has 0 spiro atoms. The SMILES string of the molecule is BrCCCc1ccc(SOCc2ccccc2)cc1. The second kappa shape index (κ2) is 8.41. The van der Waals surface area contributed by atoms with E-state index in [1.165, 1.54) is 29.6 Å². The highest BCUT2D eigenvalue weighted by molar-refractivity contribution is 9.09. The van der Waals surface area contributed by atoms with Crippen molar-refractivity contribution >= 4 is 28.0 Å². The van der Waals surface area contributed by atoms with Crippen LogP contribution in [0.1, 0.15) is 17.5 Å². The lowest BCUT2D eigenvalue weighted by Gasteiger charge is -2.04. The van der Waals surface area contributed by atoms with Crippen LogP contribution >= 0.6 is 28.0 Å². The molecule has 0 bridgehead atoms. The number of hydrogen-bond acceptors (Lipinski definition) is 2. The Morgan fingerprint density at radius 1 is 0.895 bits per heavy atom. The van der Waals surface area contributed by atoms with Gasteiger partial charge >= 0.3 is 0 Å². The number of benzene rings is 2. The molecule has 0 unspecified atom stereocenters. The van der Waals surface area contributed by atoms with Gasteiger partial charge in [0, 0.05) is 22.3 Å². The van der Waals surface area contributed by atoms with E-state index in [2.05, 4.69) is 52.3 Å². The minimum absolute atomic E-state index is 0.636. The van der Waals surface area contributed by atoms with Gasteiger partial charge in [0.2, 0.25) is 0 Å². The zero-order valence-electron chi connectivity index (χ0n) is 10.7. The summed E-state index contributed by atoms with van der Waals surface area (Å²) in [5.74, 6) is 0. The van der Waals surface area contributed by atoms with Gasteiger partial charge in [-0.15, -0.1) is 0 Å². The zero-order chi connectivity index (χ0) is 13.3. The molecule has 0 aromatic heterocycles. The third-order valence-corrected chi connectivity index (χ3v) is 4.01. The molecule has 0 aliphatic heterocycles. The van der Waals surface area contributed by atoms with Crippen LogP contribution in [0, 0.1) is 0 Å². The van der Waals surface area contributed by atoms with Gasteiger partial charge < -0.3 is 4.18 Å². The topological polar surface area (TPSA) is 9.23 Å². The third kappa shape index (κ3) is 5.39. The highest BCUT2D eigenvalue weighted by Crippen LogP contribution is 2.21. The Bertz CT molecular complexity index is 470. The normalized spacial score (nSPS) is 10.6. The minimum Gasteiger partial charge on any atom is -0.305 e. The van der Waals surface area contributed by atoms with Crippen molar-refractivity contribution in [1.29, 1.82) is 0 Å². The summed E-state index contributed by atoms with van der Waals surface area (Å²) in [6.45, 7) is 0.636. The number of rotatable bonds is 7. The van der Waals surface area contributed by atoms with Gasteiger partial charge in [0.25, 0.3) is 0 Å². The lowest BCUT2D eigenvalue weighted by molar-refractivity contribution is 0.364. The van der Waals surface area contributed by atoms with Crippen LogP contribution in [0.15, 0.2) is 59.5 Å². The van der Waals surface area contributed by atoms with E-state index < -0.39 is 0 Å². The molecule has 0 heterocycles. The lowest BCUT2D eigenvalue weighted by Crippen LogP contribution is -1.87. The Hall–Kier alpha value is -0.770. The van der Waals surface area contributed by atoms with Gasteiger partial charge in [-0.2, -0.15) is 0 Å². The van der Waals surface area contributed by atoms with Crippen LogP contribution in [-0.4, -0.2) is 5.33 Å². The number of alkyl halides is 1. The Balaban J connectivity index is 1.77. The van der Waals surface area contributed by atoms with Gasteiger partial charge in [-0.25, -0.2) is 0 Å². The van der Waals surface area contributed by atoms with Crippen LogP contribution in [0.3, 0.4) is 0 Å². The van der Waals surface area contributed by atoms with Crippen molar-refractivity contribution in [1.82, 2.24) is 0 Å². The molecular formula is C16H17BrOS. The maximum Gasteiger partial charge on any atom is 0.0869 e. The van der Waals surface area contributed by atoms with Crippen LogP contribution < -0.4 is 0 Å². The Morgan fingerprint density at radius 3 is 2.32 bits per heavy atom. The first-order chi connectivity index (χ1) is 9.38. The van der Waals surface area contributed by atoms with Gasteiger partial charge in [0.05, 0.1) is 6.61 Å². The van der Waals surface area contributed by atoms with Gasteiger partial charge in [-0.3, -0.25) is 0 Å². The summed E-state index contributed by atoms with van der Waals surface area (Å²) in [4.78, 5) is 1.15. The summed E-state index contributed by atoms with van der Waals surface area (Å²) in [7, 11) is 0. The number of halogens is 1. The molecule has 1 nitrogen and oxygen atoms in total. The van der Waals surface area contributed by atoms with E-state index in [1.54, 1.807) is 0 Å². The Labute approximate surface area is 127 Å². The summed E-state index contributed by atoms with van der Waals surface area (Å²) in [5, 5.41) is 1.06. The smallest absolute Gasteiger partial charge is 0.0869 e. The predicted molar refractivity (Wildman–Crippen MR) is 85.6 cm³/mol. The first kappa shape index (κ1) is 14.6. The molecule has 0 radical (unpaired) electrons. The quantitative estimate of drug-likeness (QED) is 0.505. The molecule has 0 atom stereocenters. The molecule has 0 aliphatic carbocycles. The Kier molecular flexibility index (Phi) is 6.48. The largest absolute Gasteiger partial charge is 0.305 e. The van der Waals surface area contributed by atoms with Crippen molar-refractivity contribution in [3.8, 4) is 0 Å². The fourth-order valence-corrected chi connectivity index (χ4v) is 2.58. The number of hydrogen-bond donors (Lipinski definition) is 0. The van der Waals surface area contributed by atoms with Gasteiger partial charge in [0.15, 0.2) is 0 Å². The first-order valence-corrected chi connectivity index (χ1v) is 8.23. The van der Waals surface area contributed by atoms with E-state index in [-0.39, 0.29) is 0 Å². The molecule has 2 rings (SSSR count). The summed E-state index contributed by atoms with van der Waals surface area (Å²) in [6, 6.07) is 18.8. The fraction of sp³-hybridized carbons (Fsp3) is 0.250. The van der Waals surface area contributed by atoms with Crippen LogP contribution in [-0.2, 0) is 17.2 Å². The lowest BCUT2D eigenvalue weighted by atomic mass is 10.1. The summed E-state index contributed by atoms with van der Waals surface area (Å²) < 4.78 is 5.64. The van der Waals surface area contributed by atoms with Crippen molar-refractivity contribution in [2.24, 2.45) is 0 Å². The summed E-state index contributed by atoms with van der Waals surface area (Å²) in [5.41, 5.74) is 2.58. The molecule has 0 amide bonds. The molecule has 0 fully saturated rings. The van der Waals surface area contributed by atoms with Crippen molar-refractivity contribution in [2.75, 3.05) is 5.33 Å². The van der Waals surface area contributed by atoms with Crippen molar-refractivity contribution in [3.05, 3.63) is 65.7 Å². The third-order valence-electron chi connectivity index (χ3n) is 2.75. The molecule has 3 heteroatoms. The second-order valence-electron chi connectivity index (χ2n) is 4.27. The highest BCUT2D eigenvalue weighted by Gasteiger charge is 1.98. The molecule has 0 N–H and O–H groups in total. The number of aryl methyl sites for hydroxylation is 1. The monoisotopic (exact) mass is 336 g/mol. The average Bonchev–Trinajstić information content (AvgIpc) is 2.47. The van der Waals surface area contributed by atoms with E-state index >= 15 is 0 Å². The van der Waals surface area contributed by atoms with Crippen LogP contribution in [0.4, 0.5) is 0 Å². The van der Waals surface area contributed by atoms with Crippen molar-refractivity contribution in [3.63, 3.8) is 0 Å². The van der Waals surface area contributed by atoms with E-state index in [4.69, 9.17) is 4.18 Å². The summed E-state index contributed by atoms with van der Waals surface area (Å²) >= 11 is 4.89. The van der Waals surface area contributed by atoms with Gasteiger partial charge in [-0.1, -0.05) is 58.4 Å². The maximum absolute atomic E-state index is 5.64. The van der Waals surface area contributed by atoms with Crippen molar-refractivity contribution in [2.45, 2.75) is 24.3 Å². The standard InChI is InChI=1S/C16H17BrOS/c17-12-4-7-14-8-10-16(11-9-14)19-18-13-15-5-2-1-3-6-15/h1-3,5-6,8-11H,4,7,12-13H2. The fourth-order valence-electron chi connectivity index (χ4n) is 1.72. The molecule has 19 heavy (non-hydrogen) atoms. The average molecular weight is 337 g/mol. The minimum atomic E-state index is 0.636. The molecule has 0 aliphatic rings. The highest BCUT2D eigenvalue weighted by atomic mass is 79.9. The maximum atomic E-state index is 5.64. The molecule has 100 valence electrons. The van der Waals surface area contributed by atoms with Crippen LogP contribution in [0.2, 0.25) is 0 Å². The zero-order valence-corrected chi connectivity index (χ0v) is 13.1. The van der Waals surface area contributed by atoms with E-state index in [1.807, 2.05) is 18.2 Å². The molecule has 0 saturated heterocycles. The van der Waals surface area contributed by atoms with Gasteiger partial charge in [0.1, 0.15) is 0 Å². The van der Waals surface area contributed by atoms with E-state index in [0.29, 0.717) is 6.61 Å². The predicted octanol–water partition coefficient (Wildman–Crippen LogP) is 5.24. The second-order valence-corrected chi connectivity index (χ2v) is 5.93. The van der Waals surface area contributed by atoms with Gasteiger partial charge in [-0.05, 0) is 36.1 Å². The first-order valence-electron chi connectivity index (χ1n) is 6.37. The van der Waals surface area contributed by atoms with E-state index in [0.717, 1.165) is 16.6 Å². The molecule has 2 aromatic rings. The Morgan fingerprint density at radius 2 is 1.63 bits per heavy atom. The van der Waals surface area contributed by atoms with Crippen molar-refractivity contribution < 1.29 is 4.18 Å². The van der Waals surface area contributed by atoms with Crippen LogP contribution in [0.5, 0.6) is 0 Å². The van der Waals surface area contributed by atoms with Crippen LogP contribution in [0.25, 0.3) is 0 Å². The molecule has 2 aromatic carbocycles. The van der Waals surface area contributed by atoms with E-state index in [9.17, 15) is 0 Å². The molecular weight excluding hydrogens is 320 g/mol.